The number of para-hydroxylation sites is 9. The fourth-order valence-corrected chi connectivity index (χ4v) is 18.7. The molecule has 600 valence electrons. The minimum absolute atomic E-state index is 0.343. The highest BCUT2D eigenvalue weighted by Crippen LogP contribution is 2.43. The van der Waals surface area contributed by atoms with E-state index < -0.39 is 0 Å². The highest BCUT2D eigenvalue weighted by atomic mass is 79.9. The summed E-state index contributed by atoms with van der Waals surface area (Å²) in [4.78, 5) is 15.0. The summed E-state index contributed by atoms with van der Waals surface area (Å²) in [6.45, 7) is 8.36. The summed E-state index contributed by atoms with van der Waals surface area (Å²) in [6, 6.07) is 148. The Morgan fingerprint density at radius 2 is 0.544 bits per heavy atom. The van der Waals surface area contributed by atoms with Crippen LogP contribution >= 0.6 is 31.9 Å². The number of aromatic amines is 3. The maximum atomic E-state index is 6.27. The Labute approximate surface area is 740 Å². The van der Waals surface area contributed by atoms with Gasteiger partial charge in [-0.2, -0.15) is 0 Å². The maximum absolute atomic E-state index is 6.27. The molecule has 125 heavy (non-hydrogen) atoms. The zero-order valence-electron chi connectivity index (χ0n) is 69.3. The number of fused-ring (bicyclic) bond motifs is 18. The molecule has 0 unspecified atom stereocenters. The molecule has 17 aromatic carbocycles. The zero-order valence-corrected chi connectivity index (χ0v) is 72.4. The van der Waals surface area contributed by atoms with Gasteiger partial charge in [-0.1, -0.05) is 277 Å². The van der Waals surface area contributed by atoms with Gasteiger partial charge in [0.25, 0.3) is 0 Å². The highest BCUT2D eigenvalue weighted by Gasteiger charge is 2.52. The van der Waals surface area contributed by atoms with Gasteiger partial charge >= 0.3 is 7.12 Å². The van der Waals surface area contributed by atoms with Crippen molar-refractivity contribution in [2.75, 3.05) is 0 Å². The normalized spacial score (nSPS) is 12.9. The van der Waals surface area contributed by atoms with Crippen LogP contribution in [0, 0.1) is 0 Å². The Kier molecular flexibility index (Phi) is 20.4. The minimum atomic E-state index is -0.353. The number of nitrogens with zero attached hydrogens (tertiary/aromatic N) is 4. The number of pyridine rings is 1. The summed E-state index contributed by atoms with van der Waals surface area (Å²) in [5, 5.41) is 15.2. The van der Waals surface area contributed by atoms with Crippen molar-refractivity contribution in [3.63, 3.8) is 0 Å². The summed E-state index contributed by atoms with van der Waals surface area (Å²) in [6.07, 6.45) is 0. The smallest absolute Gasteiger partial charge is 0.399 e. The molecule has 3 N–H and O–H groups in total. The monoisotopic (exact) mass is 1740 g/mol. The molecule has 0 amide bonds. The molecule has 7 aromatic heterocycles. The summed E-state index contributed by atoms with van der Waals surface area (Å²) in [5.41, 5.74) is 27.8. The number of hydrogen-bond acceptors (Lipinski definition) is 3. The summed E-state index contributed by atoms with van der Waals surface area (Å²) in [5.74, 6) is 0. The summed E-state index contributed by atoms with van der Waals surface area (Å²) >= 11 is 6.99. The minimum Gasteiger partial charge on any atom is -0.399 e. The largest absolute Gasteiger partial charge is 0.494 e. The molecule has 1 aliphatic heterocycles. The average Bonchev–Trinajstić information content (AvgIpc) is 1.56. The van der Waals surface area contributed by atoms with Gasteiger partial charge in [-0.05, 0) is 240 Å². The van der Waals surface area contributed by atoms with Crippen molar-refractivity contribution in [2.24, 2.45) is 0 Å². The van der Waals surface area contributed by atoms with Crippen LogP contribution in [0.5, 0.6) is 0 Å². The van der Waals surface area contributed by atoms with Crippen LogP contribution in [0.15, 0.2) is 428 Å². The lowest BCUT2D eigenvalue weighted by atomic mass is 9.78. The molecular weight excluding hydrogens is 1660 g/mol. The Balaban J connectivity index is 0.0000000982. The molecule has 12 heteroatoms. The van der Waals surface area contributed by atoms with Gasteiger partial charge in [0.15, 0.2) is 0 Å². The van der Waals surface area contributed by atoms with Gasteiger partial charge in [0.1, 0.15) is 4.60 Å². The molecule has 0 aliphatic carbocycles. The molecule has 0 atom stereocenters. The van der Waals surface area contributed by atoms with E-state index in [9.17, 15) is 0 Å². The molecule has 0 radical (unpaired) electrons. The van der Waals surface area contributed by atoms with E-state index in [1.807, 2.05) is 54.6 Å². The lowest BCUT2D eigenvalue weighted by molar-refractivity contribution is 0.00578. The third kappa shape index (κ3) is 14.8. The number of halogens is 2. The number of H-pyrrole nitrogens is 3. The van der Waals surface area contributed by atoms with Crippen molar-refractivity contribution in [2.45, 2.75) is 38.9 Å². The lowest BCUT2D eigenvalue weighted by Crippen LogP contribution is -2.41. The molecule has 9 nitrogen and oxygen atoms in total. The molecule has 8 heterocycles. The number of nitrogens with one attached hydrogen (secondary N) is 3. The number of benzene rings is 17. The third-order valence-corrected chi connectivity index (χ3v) is 25.6. The number of hydrogen-bond donors (Lipinski definition) is 3. The maximum Gasteiger partial charge on any atom is 0.494 e. The van der Waals surface area contributed by atoms with Crippen LogP contribution in [0.1, 0.15) is 27.7 Å². The fourth-order valence-electron chi connectivity index (χ4n) is 17.9. The van der Waals surface area contributed by atoms with Crippen molar-refractivity contribution in [3.8, 4) is 61.7 Å². The Morgan fingerprint density at radius 1 is 0.240 bits per heavy atom. The van der Waals surface area contributed by atoms with Crippen molar-refractivity contribution in [1.29, 1.82) is 0 Å². The molecule has 1 saturated heterocycles. The van der Waals surface area contributed by atoms with E-state index in [4.69, 9.17) is 9.31 Å². The topological polar surface area (TPSA) is 93.5 Å². The second-order valence-corrected chi connectivity index (χ2v) is 34.6. The molecule has 1 fully saturated rings. The van der Waals surface area contributed by atoms with Gasteiger partial charge in [-0.25, -0.2) is 4.98 Å². The first-order valence-corrected chi connectivity index (χ1v) is 43.9. The molecular formula is C113H84BBr2N7O2. The van der Waals surface area contributed by atoms with Gasteiger partial charge < -0.3 is 38.0 Å². The van der Waals surface area contributed by atoms with Crippen LogP contribution < -0.4 is 5.46 Å². The van der Waals surface area contributed by atoms with Crippen molar-refractivity contribution < 1.29 is 9.31 Å². The second-order valence-electron chi connectivity index (χ2n) is 32.9. The molecule has 25 rings (SSSR count). The molecule has 0 bridgehead atoms. The third-order valence-electron chi connectivity index (χ3n) is 24.7. The fraction of sp³-hybridized carbons (Fsp3) is 0.0531. The standard InChI is InChI=1S/2C30H20N2.C24H24BNO2.C17H12BrN.C12H8BrN/c2*1-2-8-22(9-3-1)32-29-13-7-5-11-24(29)26-19-21(15-17-30(26)32)20-14-16-28-25(18-20)23-10-4-6-12-27(23)31-28;1-23(2)24(3,4)28-25(27-23)17-14-15-22-20(16-17)19-12-8-9-13-21(19)26(22)18-10-6-5-7-11-18;18-17-12-15(13-7-3-1-4-8-13)11-16(19-17)14-9-5-2-6-10-14;13-8-5-6-12-10(7-8)9-3-1-2-4-11(9)14-12/h2*1-19,31H;5-16H,1-4H3;1-12H;1-7,14H. The predicted molar refractivity (Wildman–Crippen MR) is 534 cm³/mol. The van der Waals surface area contributed by atoms with Gasteiger partial charge in [0, 0.05) is 125 Å². The van der Waals surface area contributed by atoms with Gasteiger partial charge in [0.05, 0.1) is 50.0 Å². The quantitative estimate of drug-likeness (QED) is 0.105. The summed E-state index contributed by atoms with van der Waals surface area (Å²) in [7, 11) is -0.353. The Bertz CT molecular complexity index is 7810. The molecule has 0 saturated carbocycles. The summed E-state index contributed by atoms with van der Waals surface area (Å²) < 4.78 is 21.6. The van der Waals surface area contributed by atoms with Crippen LogP contribution in [0.3, 0.4) is 0 Å². The van der Waals surface area contributed by atoms with Gasteiger partial charge in [0.2, 0.25) is 0 Å². The first-order chi connectivity index (χ1) is 61.3. The number of aromatic nitrogens is 7. The van der Waals surface area contributed by atoms with E-state index in [1.54, 1.807) is 0 Å². The van der Waals surface area contributed by atoms with E-state index in [2.05, 4.69) is 457 Å². The lowest BCUT2D eigenvalue weighted by Gasteiger charge is -2.32. The van der Waals surface area contributed by atoms with Gasteiger partial charge in [-0.3, -0.25) is 0 Å². The Morgan fingerprint density at radius 3 is 0.960 bits per heavy atom. The van der Waals surface area contributed by atoms with E-state index in [0.29, 0.717) is 0 Å². The first-order valence-electron chi connectivity index (χ1n) is 42.4. The van der Waals surface area contributed by atoms with Crippen molar-refractivity contribution >= 4 is 175 Å². The SMILES string of the molecule is Brc1cc(-c2ccccc2)cc(-c2ccccc2)n1.Brc1ccc2[nH]c3ccccc3c2c1.CC1(C)OB(c2ccc3c(c2)c2ccccc2n3-c2ccccc2)OC1(C)C.c1ccc(-n2c3ccccc3c3cc(-c4ccc5[nH]c6ccccc6c5c4)ccc32)cc1.c1ccc(-n2c3ccccc3c3cc(-c4ccc5[nH]c6ccccc6c5c4)ccc32)cc1. The highest BCUT2D eigenvalue weighted by molar-refractivity contribution is 9.10. The molecule has 0 spiro atoms. The van der Waals surface area contributed by atoms with Crippen LogP contribution in [0.25, 0.3) is 193 Å². The van der Waals surface area contributed by atoms with Crippen LogP contribution in [0.4, 0.5) is 0 Å². The average molecular weight is 1740 g/mol. The first kappa shape index (κ1) is 77.9. The van der Waals surface area contributed by atoms with Gasteiger partial charge in [-0.15, -0.1) is 0 Å². The van der Waals surface area contributed by atoms with E-state index in [-0.39, 0.29) is 18.3 Å². The Hall–Kier alpha value is -14.4. The van der Waals surface area contributed by atoms with E-state index in [1.165, 1.54) is 176 Å². The van der Waals surface area contributed by atoms with E-state index in [0.717, 1.165) is 31.5 Å². The van der Waals surface area contributed by atoms with Crippen LogP contribution in [0.2, 0.25) is 0 Å². The second kappa shape index (κ2) is 32.8. The predicted octanol–water partition coefficient (Wildman–Crippen LogP) is 30.5. The zero-order chi connectivity index (χ0) is 84.3. The van der Waals surface area contributed by atoms with E-state index >= 15 is 0 Å². The molecule has 24 aromatic rings. The molecule has 1 aliphatic rings. The van der Waals surface area contributed by atoms with Crippen molar-refractivity contribution in [1.82, 2.24) is 33.6 Å². The number of rotatable bonds is 8. The van der Waals surface area contributed by atoms with Crippen LogP contribution in [-0.4, -0.2) is 52.0 Å². The van der Waals surface area contributed by atoms with Crippen molar-refractivity contribution in [3.05, 3.63) is 428 Å². The van der Waals surface area contributed by atoms with Crippen LogP contribution in [-0.2, 0) is 9.31 Å².